The minimum Gasteiger partial charge on any atom is -0.406 e. The Balaban J connectivity index is 2.68. The minimum absolute atomic E-state index is 0.110. The predicted octanol–water partition coefficient (Wildman–Crippen LogP) is 2.59. The van der Waals surface area contributed by atoms with Crippen LogP contribution in [0.5, 0.6) is 5.75 Å². The summed E-state index contributed by atoms with van der Waals surface area (Å²) in [5, 5.41) is 8.47. The number of alkyl halides is 3. The highest BCUT2D eigenvalue weighted by atomic mass is 19.4. The molecule has 0 spiro atoms. The summed E-state index contributed by atoms with van der Waals surface area (Å²) in [6.07, 6.45) is -1.58. The van der Waals surface area contributed by atoms with Gasteiger partial charge in [0.1, 0.15) is 5.75 Å². The third-order valence-electron chi connectivity index (χ3n) is 1.53. The van der Waals surface area contributed by atoms with Gasteiger partial charge in [-0.2, -0.15) is 0 Å². The third kappa shape index (κ3) is 4.51. The molecular formula is C10H9F3O2. The molecule has 1 aromatic carbocycles. The molecule has 82 valence electrons. The van der Waals surface area contributed by atoms with Crippen molar-refractivity contribution in [2.24, 2.45) is 0 Å². The van der Waals surface area contributed by atoms with Gasteiger partial charge in [-0.1, -0.05) is 24.3 Å². The van der Waals surface area contributed by atoms with Crippen LogP contribution in [0.1, 0.15) is 5.56 Å². The van der Waals surface area contributed by atoms with Crippen LogP contribution in [0.2, 0.25) is 0 Å². The molecule has 1 N–H and O–H groups in total. The van der Waals surface area contributed by atoms with E-state index in [0.29, 0.717) is 5.56 Å². The highest BCUT2D eigenvalue weighted by Crippen LogP contribution is 2.22. The fourth-order valence-electron chi connectivity index (χ4n) is 0.969. The molecule has 0 atom stereocenters. The predicted molar refractivity (Wildman–Crippen MR) is 49.2 cm³/mol. The highest BCUT2D eigenvalue weighted by Gasteiger charge is 2.30. The van der Waals surface area contributed by atoms with Crippen molar-refractivity contribution in [2.45, 2.75) is 6.36 Å². The van der Waals surface area contributed by atoms with E-state index in [1.807, 2.05) is 0 Å². The third-order valence-corrected chi connectivity index (χ3v) is 1.53. The Morgan fingerprint density at radius 1 is 1.20 bits per heavy atom. The van der Waals surface area contributed by atoms with Gasteiger partial charge in [0.2, 0.25) is 0 Å². The van der Waals surface area contributed by atoms with Crippen molar-refractivity contribution in [3.05, 3.63) is 35.9 Å². The van der Waals surface area contributed by atoms with Gasteiger partial charge in [0.05, 0.1) is 6.61 Å². The average molecular weight is 218 g/mol. The fraction of sp³-hybridized carbons (Fsp3) is 0.200. The van der Waals surface area contributed by atoms with E-state index >= 15 is 0 Å². The smallest absolute Gasteiger partial charge is 0.406 e. The van der Waals surface area contributed by atoms with E-state index in [9.17, 15) is 13.2 Å². The molecule has 0 aliphatic carbocycles. The number of aliphatic hydroxyl groups excluding tert-OH is 1. The molecule has 0 heterocycles. The summed E-state index contributed by atoms with van der Waals surface area (Å²) >= 11 is 0. The molecule has 0 fully saturated rings. The molecular weight excluding hydrogens is 209 g/mol. The summed E-state index contributed by atoms with van der Waals surface area (Å²) in [6, 6.07) is 5.36. The molecule has 0 amide bonds. The standard InChI is InChI=1S/C10H9F3O2/c11-10(12,13)15-9-5-3-8(4-6-9)2-1-7-14/h1-6,14H,7H2/b2-1+. The maximum atomic E-state index is 11.8. The summed E-state index contributed by atoms with van der Waals surface area (Å²) in [5.74, 6) is -0.261. The molecule has 0 unspecified atom stereocenters. The zero-order chi connectivity index (χ0) is 11.3. The molecule has 5 heteroatoms. The molecule has 0 saturated heterocycles. The Morgan fingerprint density at radius 3 is 2.27 bits per heavy atom. The van der Waals surface area contributed by atoms with E-state index in [-0.39, 0.29) is 12.4 Å². The Kier molecular flexibility index (Phi) is 3.74. The maximum absolute atomic E-state index is 11.8. The zero-order valence-corrected chi connectivity index (χ0v) is 7.66. The van der Waals surface area contributed by atoms with Crippen LogP contribution in [-0.2, 0) is 0 Å². The van der Waals surface area contributed by atoms with Gasteiger partial charge in [0.15, 0.2) is 0 Å². The maximum Gasteiger partial charge on any atom is 0.573 e. The molecule has 1 aromatic rings. The van der Waals surface area contributed by atoms with Gasteiger partial charge in [0.25, 0.3) is 0 Å². The first-order chi connectivity index (χ1) is 7.01. The van der Waals surface area contributed by atoms with E-state index < -0.39 is 6.36 Å². The Hall–Kier alpha value is -1.49. The van der Waals surface area contributed by atoms with Crippen molar-refractivity contribution in [3.63, 3.8) is 0 Å². The molecule has 15 heavy (non-hydrogen) atoms. The van der Waals surface area contributed by atoms with Crippen molar-refractivity contribution in [3.8, 4) is 5.75 Å². The van der Waals surface area contributed by atoms with Gasteiger partial charge in [0, 0.05) is 0 Å². The number of hydrogen-bond donors (Lipinski definition) is 1. The number of halogens is 3. The number of benzene rings is 1. The van der Waals surface area contributed by atoms with Gasteiger partial charge in [-0.3, -0.25) is 0 Å². The largest absolute Gasteiger partial charge is 0.573 e. The van der Waals surface area contributed by atoms with E-state index in [2.05, 4.69) is 4.74 Å². The zero-order valence-electron chi connectivity index (χ0n) is 7.66. The van der Waals surface area contributed by atoms with Gasteiger partial charge in [-0.05, 0) is 17.7 Å². The summed E-state index contributed by atoms with van der Waals surface area (Å²) in [4.78, 5) is 0. The normalized spacial score (nSPS) is 12.0. The van der Waals surface area contributed by atoms with Crippen LogP contribution in [0.3, 0.4) is 0 Å². The van der Waals surface area contributed by atoms with Crippen LogP contribution < -0.4 is 4.74 Å². The topological polar surface area (TPSA) is 29.5 Å². The van der Waals surface area contributed by atoms with Crippen LogP contribution in [0.25, 0.3) is 6.08 Å². The minimum atomic E-state index is -4.66. The van der Waals surface area contributed by atoms with Crippen LogP contribution in [-0.4, -0.2) is 18.1 Å². The lowest BCUT2D eigenvalue weighted by atomic mass is 10.2. The average Bonchev–Trinajstić information content (AvgIpc) is 2.14. The van der Waals surface area contributed by atoms with Crippen LogP contribution >= 0.6 is 0 Å². The lowest BCUT2D eigenvalue weighted by Gasteiger charge is -2.08. The van der Waals surface area contributed by atoms with Crippen LogP contribution in [0.15, 0.2) is 30.3 Å². The first kappa shape index (κ1) is 11.6. The van der Waals surface area contributed by atoms with E-state index in [0.717, 1.165) is 0 Å². The fourth-order valence-corrected chi connectivity index (χ4v) is 0.969. The van der Waals surface area contributed by atoms with Crippen molar-refractivity contribution in [1.29, 1.82) is 0 Å². The lowest BCUT2D eigenvalue weighted by Crippen LogP contribution is -2.16. The van der Waals surface area contributed by atoms with Gasteiger partial charge >= 0.3 is 6.36 Å². The quantitative estimate of drug-likeness (QED) is 0.844. The first-order valence-electron chi connectivity index (χ1n) is 4.14. The van der Waals surface area contributed by atoms with Gasteiger partial charge < -0.3 is 9.84 Å². The van der Waals surface area contributed by atoms with Gasteiger partial charge in [-0.25, -0.2) is 0 Å². The summed E-state index contributed by atoms with van der Waals surface area (Å²) in [5.41, 5.74) is 0.693. The molecule has 0 bridgehead atoms. The van der Waals surface area contributed by atoms with E-state index in [1.54, 1.807) is 6.08 Å². The van der Waals surface area contributed by atoms with Crippen molar-refractivity contribution < 1.29 is 23.0 Å². The van der Waals surface area contributed by atoms with E-state index in [4.69, 9.17) is 5.11 Å². The monoisotopic (exact) mass is 218 g/mol. The van der Waals surface area contributed by atoms with Crippen LogP contribution in [0.4, 0.5) is 13.2 Å². The van der Waals surface area contributed by atoms with Gasteiger partial charge in [-0.15, -0.1) is 13.2 Å². The SMILES string of the molecule is OC/C=C/c1ccc(OC(F)(F)F)cc1. The highest BCUT2D eigenvalue weighted by molar-refractivity contribution is 5.50. The summed E-state index contributed by atoms with van der Waals surface area (Å²) < 4.78 is 39.0. The molecule has 0 saturated carbocycles. The molecule has 0 aromatic heterocycles. The lowest BCUT2D eigenvalue weighted by molar-refractivity contribution is -0.274. The van der Waals surface area contributed by atoms with Crippen molar-refractivity contribution in [2.75, 3.05) is 6.61 Å². The first-order valence-corrected chi connectivity index (χ1v) is 4.14. The number of aliphatic hydroxyl groups is 1. The molecule has 2 nitrogen and oxygen atoms in total. The second-order valence-electron chi connectivity index (χ2n) is 2.70. The second kappa shape index (κ2) is 4.84. The van der Waals surface area contributed by atoms with Crippen molar-refractivity contribution in [1.82, 2.24) is 0 Å². The molecule has 0 radical (unpaired) electrons. The molecule has 1 rings (SSSR count). The second-order valence-corrected chi connectivity index (χ2v) is 2.70. The summed E-state index contributed by atoms with van der Waals surface area (Å²) in [7, 11) is 0. The van der Waals surface area contributed by atoms with Crippen molar-refractivity contribution >= 4 is 6.08 Å². The van der Waals surface area contributed by atoms with E-state index in [1.165, 1.54) is 30.3 Å². The Bertz CT molecular complexity index is 328. The number of hydrogen-bond acceptors (Lipinski definition) is 2. The Labute approximate surface area is 84.6 Å². The summed E-state index contributed by atoms with van der Waals surface area (Å²) in [6.45, 7) is -0.110. The molecule has 0 aliphatic heterocycles. The molecule has 0 aliphatic rings. The van der Waals surface area contributed by atoms with Crippen LogP contribution in [0, 0.1) is 0 Å². The number of rotatable bonds is 3. The Morgan fingerprint density at radius 2 is 1.80 bits per heavy atom. The number of ether oxygens (including phenoxy) is 1.